The Bertz CT molecular complexity index is 516. The van der Waals surface area contributed by atoms with E-state index >= 15 is 0 Å². The number of nitrogens with one attached hydrogen (secondary N) is 2. The zero-order valence-corrected chi connectivity index (χ0v) is 11.4. The molecule has 2 aromatic rings. The Labute approximate surface area is 107 Å². The first-order valence-electron chi connectivity index (χ1n) is 6.32. The van der Waals surface area contributed by atoms with Crippen LogP contribution in [0, 0.1) is 0 Å². The molecule has 2 rings (SSSR count). The minimum absolute atomic E-state index is 0.475. The molecule has 0 saturated carbocycles. The number of hydrogen-bond donors (Lipinski definition) is 2. The Morgan fingerprint density at radius 1 is 1.33 bits per heavy atom. The average Bonchev–Trinajstić information content (AvgIpc) is 2.86. The molecule has 0 fully saturated rings. The number of hydrogen-bond acceptors (Lipinski definition) is 5. The van der Waals surface area contributed by atoms with Crippen LogP contribution in [0.5, 0.6) is 0 Å². The molecule has 0 amide bonds. The van der Waals surface area contributed by atoms with Crippen molar-refractivity contribution in [3.05, 3.63) is 6.20 Å². The lowest BCUT2D eigenvalue weighted by Crippen LogP contribution is -2.31. The van der Waals surface area contributed by atoms with E-state index in [1.54, 1.807) is 6.20 Å². The molecule has 0 saturated heterocycles. The molecule has 2 heterocycles. The zero-order chi connectivity index (χ0) is 13.1. The molecular weight excluding hydrogens is 228 g/mol. The van der Waals surface area contributed by atoms with Gasteiger partial charge in [0.05, 0.1) is 11.6 Å². The maximum Gasteiger partial charge on any atom is 0.226 e. The first-order chi connectivity index (χ1) is 8.71. The van der Waals surface area contributed by atoms with Gasteiger partial charge in [-0.05, 0) is 12.8 Å². The minimum atomic E-state index is 0.475. The quantitative estimate of drug-likeness (QED) is 0.847. The van der Waals surface area contributed by atoms with Crippen LogP contribution in [0.2, 0.25) is 0 Å². The molecule has 0 aliphatic carbocycles. The lowest BCUT2D eigenvalue weighted by Gasteiger charge is -2.27. The fraction of sp³-hybridized carbons (Fsp3) is 0.583. The normalized spacial score (nSPS) is 11.2. The van der Waals surface area contributed by atoms with Gasteiger partial charge in [-0.2, -0.15) is 15.1 Å². The molecule has 98 valence electrons. The summed E-state index contributed by atoms with van der Waals surface area (Å²) in [5, 5.41) is 10.9. The molecule has 6 heteroatoms. The maximum atomic E-state index is 4.55. The Morgan fingerprint density at radius 3 is 2.67 bits per heavy atom. The van der Waals surface area contributed by atoms with E-state index in [0.717, 1.165) is 29.7 Å². The second-order valence-corrected chi connectivity index (χ2v) is 4.33. The summed E-state index contributed by atoms with van der Waals surface area (Å²) in [7, 11) is 3.89. The number of H-pyrrole nitrogens is 1. The maximum absolute atomic E-state index is 4.55. The standard InChI is InChI=1S/C12H20N6/c1-5-8(6-2)18(4)11-9-7-14-17-10(9)15-12(13-3)16-11/h7-8H,5-6H2,1-4H3,(H2,13,14,15,16,17). The van der Waals surface area contributed by atoms with E-state index in [0.29, 0.717) is 12.0 Å². The molecule has 0 bridgehead atoms. The Hall–Kier alpha value is -1.85. The van der Waals surface area contributed by atoms with Crippen molar-refractivity contribution in [2.24, 2.45) is 0 Å². The van der Waals surface area contributed by atoms with Crippen LogP contribution in [0.3, 0.4) is 0 Å². The fourth-order valence-corrected chi connectivity index (χ4v) is 2.21. The molecule has 0 aliphatic rings. The molecule has 0 radical (unpaired) electrons. The van der Waals surface area contributed by atoms with Gasteiger partial charge in [0.25, 0.3) is 0 Å². The van der Waals surface area contributed by atoms with Crippen LogP contribution in [0.1, 0.15) is 26.7 Å². The smallest absolute Gasteiger partial charge is 0.226 e. The molecule has 18 heavy (non-hydrogen) atoms. The van der Waals surface area contributed by atoms with Gasteiger partial charge in [-0.15, -0.1) is 0 Å². The van der Waals surface area contributed by atoms with E-state index in [4.69, 9.17) is 0 Å². The van der Waals surface area contributed by atoms with Gasteiger partial charge in [0.1, 0.15) is 5.82 Å². The predicted octanol–water partition coefficient (Wildman–Crippen LogP) is 2.02. The SMILES string of the molecule is CCC(CC)N(C)c1nc(NC)nc2[nH]ncc12. The molecular formula is C12H20N6. The van der Waals surface area contributed by atoms with Crippen molar-refractivity contribution in [1.82, 2.24) is 20.2 Å². The first-order valence-corrected chi connectivity index (χ1v) is 6.32. The molecule has 0 aliphatic heterocycles. The third kappa shape index (κ3) is 2.10. The van der Waals surface area contributed by atoms with Crippen LogP contribution in [-0.4, -0.2) is 40.3 Å². The van der Waals surface area contributed by atoms with E-state index in [1.807, 2.05) is 7.05 Å². The number of fused-ring (bicyclic) bond motifs is 1. The summed E-state index contributed by atoms with van der Waals surface area (Å²) in [5.74, 6) is 1.53. The summed E-state index contributed by atoms with van der Waals surface area (Å²) in [6.07, 6.45) is 3.96. The summed E-state index contributed by atoms with van der Waals surface area (Å²) in [6, 6.07) is 0.475. The Balaban J connectivity index is 2.50. The third-order valence-electron chi connectivity index (χ3n) is 3.34. The highest BCUT2D eigenvalue weighted by Crippen LogP contribution is 2.25. The number of aromatic amines is 1. The van der Waals surface area contributed by atoms with Gasteiger partial charge in [-0.25, -0.2) is 0 Å². The predicted molar refractivity (Wildman–Crippen MR) is 74.0 cm³/mol. The molecule has 2 aromatic heterocycles. The van der Waals surface area contributed by atoms with E-state index in [2.05, 4.69) is 51.3 Å². The van der Waals surface area contributed by atoms with Gasteiger partial charge in [0, 0.05) is 20.1 Å². The van der Waals surface area contributed by atoms with Crippen molar-refractivity contribution >= 4 is 22.8 Å². The average molecular weight is 248 g/mol. The van der Waals surface area contributed by atoms with E-state index in [1.165, 1.54) is 0 Å². The van der Waals surface area contributed by atoms with E-state index < -0.39 is 0 Å². The minimum Gasteiger partial charge on any atom is -0.357 e. The van der Waals surface area contributed by atoms with Crippen LogP contribution in [0.15, 0.2) is 6.20 Å². The summed E-state index contributed by atoms with van der Waals surface area (Å²) >= 11 is 0. The van der Waals surface area contributed by atoms with Crippen LogP contribution >= 0.6 is 0 Å². The Morgan fingerprint density at radius 2 is 2.06 bits per heavy atom. The number of rotatable bonds is 5. The number of anilines is 2. The van der Waals surface area contributed by atoms with E-state index in [-0.39, 0.29) is 0 Å². The van der Waals surface area contributed by atoms with Gasteiger partial charge >= 0.3 is 0 Å². The van der Waals surface area contributed by atoms with Crippen molar-refractivity contribution in [2.75, 3.05) is 24.3 Å². The van der Waals surface area contributed by atoms with Gasteiger partial charge < -0.3 is 10.2 Å². The molecule has 0 atom stereocenters. The highest BCUT2D eigenvalue weighted by Gasteiger charge is 2.17. The molecule has 0 aromatic carbocycles. The van der Waals surface area contributed by atoms with Crippen LogP contribution in [-0.2, 0) is 0 Å². The highest BCUT2D eigenvalue weighted by molar-refractivity contribution is 5.87. The van der Waals surface area contributed by atoms with Gasteiger partial charge in [0.2, 0.25) is 5.95 Å². The van der Waals surface area contributed by atoms with Crippen molar-refractivity contribution in [1.29, 1.82) is 0 Å². The fourth-order valence-electron chi connectivity index (χ4n) is 2.21. The van der Waals surface area contributed by atoms with E-state index in [9.17, 15) is 0 Å². The van der Waals surface area contributed by atoms with Crippen molar-refractivity contribution < 1.29 is 0 Å². The highest BCUT2D eigenvalue weighted by atomic mass is 15.3. The largest absolute Gasteiger partial charge is 0.357 e. The van der Waals surface area contributed by atoms with Crippen molar-refractivity contribution in [3.8, 4) is 0 Å². The first kappa shape index (κ1) is 12.6. The lowest BCUT2D eigenvalue weighted by atomic mass is 10.1. The summed E-state index contributed by atoms with van der Waals surface area (Å²) in [5.41, 5.74) is 0.766. The van der Waals surface area contributed by atoms with Crippen LogP contribution in [0.25, 0.3) is 11.0 Å². The summed E-state index contributed by atoms with van der Waals surface area (Å²) in [6.45, 7) is 4.38. The van der Waals surface area contributed by atoms with Gasteiger partial charge in [0.15, 0.2) is 5.65 Å². The topological polar surface area (TPSA) is 69.7 Å². The monoisotopic (exact) mass is 248 g/mol. The molecule has 0 spiro atoms. The number of nitrogens with zero attached hydrogens (tertiary/aromatic N) is 4. The summed E-state index contributed by atoms with van der Waals surface area (Å²) < 4.78 is 0. The third-order valence-corrected chi connectivity index (χ3v) is 3.34. The molecule has 0 unspecified atom stereocenters. The zero-order valence-electron chi connectivity index (χ0n) is 11.4. The van der Waals surface area contributed by atoms with Gasteiger partial charge in [-0.3, -0.25) is 5.10 Å². The van der Waals surface area contributed by atoms with Gasteiger partial charge in [-0.1, -0.05) is 13.8 Å². The van der Waals surface area contributed by atoms with Crippen molar-refractivity contribution in [2.45, 2.75) is 32.7 Å². The van der Waals surface area contributed by atoms with Crippen molar-refractivity contribution in [3.63, 3.8) is 0 Å². The Kier molecular flexibility index (Phi) is 3.64. The molecule has 2 N–H and O–H groups in total. The second-order valence-electron chi connectivity index (χ2n) is 4.33. The molecule has 6 nitrogen and oxygen atoms in total. The second kappa shape index (κ2) is 5.20. The van der Waals surface area contributed by atoms with Crippen LogP contribution in [0.4, 0.5) is 11.8 Å². The summed E-state index contributed by atoms with van der Waals surface area (Å²) in [4.78, 5) is 11.1. The van der Waals surface area contributed by atoms with Crippen LogP contribution < -0.4 is 10.2 Å². The number of aromatic nitrogens is 4. The lowest BCUT2D eigenvalue weighted by molar-refractivity contribution is 0.588.